The highest BCUT2D eigenvalue weighted by Crippen LogP contribution is 2.56. The van der Waals surface area contributed by atoms with Gasteiger partial charge in [0.2, 0.25) is 0 Å². The lowest BCUT2D eigenvalue weighted by Gasteiger charge is -2.58. The second-order valence-corrected chi connectivity index (χ2v) is 10.7. The van der Waals surface area contributed by atoms with Crippen molar-refractivity contribution >= 4 is 12.4 Å². The molecule has 6 rings (SSSR count). The molecule has 0 N–H and O–H groups in total. The minimum absolute atomic E-state index is 0.0268. The van der Waals surface area contributed by atoms with Crippen LogP contribution in [0.5, 0.6) is 5.75 Å². The molecule has 3 aromatic rings. The Kier molecular flexibility index (Phi) is 6.45. The number of carbonyl (C=O) groups is 2. The van der Waals surface area contributed by atoms with Gasteiger partial charge in [-0.1, -0.05) is 73.5 Å². The van der Waals surface area contributed by atoms with Crippen molar-refractivity contribution in [3.63, 3.8) is 0 Å². The van der Waals surface area contributed by atoms with E-state index in [9.17, 15) is 9.59 Å². The summed E-state index contributed by atoms with van der Waals surface area (Å²) in [6.07, 6.45) is 6.95. The first kappa shape index (κ1) is 23.8. The number of hydrogen-bond acceptors (Lipinski definition) is 4. The monoisotopic (exact) mass is 495 g/mol. The van der Waals surface area contributed by atoms with Gasteiger partial charge in [0.05, 0.1) is 5.56 Å². The van der Waals surface area contributed by atoms with E-state index < -0.39 is 0 Å². The molecule has 2 bridgehead atoms. The first-order chi connectivity index (χ1) is 18.2. The van der Waals surface area contributed by atoms with Gasteiger partial charge in [0.1, 0.15) is 19.0 Å². The molecule has 0 unspecified atom stereocenters. The van der Waals surface area contributed by atoms with Crippen molar-refractivity contribution < 1.29 is 19.1 Å². The summed E-state index contributed by atoms with van der Waals surface area (Å²) in [6, 6.07) is 24.1. The summed E-state index contributed by atoms with van der Waals surface area (Å²) < 4.78 is 12.0. The van der Waals surface area contributed by atoms with E-state index in [1.54, 1.807) is 0 Å². The smallest absolute Gasteiger partial charge is 0.410 e. The van der Waals surface area contributed by atoms with Crippen molar-refractivity contribution in [2.45, 2.75) is 63.2 Å². The normalized spacial score (nSPS) is 23.9. The van der Waals surface area contributed by atoms with Crippen molar-refractivity contribution in [1.82, 2.24) is 4.90 Å². The average Bonchev–Trinajstić information content (AvgIpc) is 2.95. The molecule has 2 fully saturated rings. The molecule has 2 aliphatic carbocycles. The first-order valence-electron chi connectivity index (χ1n) is 13.4. The van der Waals surface area contributed by atoms with Gasteiger partial charge >= 0.3 is 6.09 Å². The minimum atomic E-state index is -0.227. The lowest BCUT2D eigenvalue weighted by molar-refractivity contribution is -0.0137. The number of benzene rings is 3. The molecule has 1 heterocycles. The van der Waals surface area contributed by atoms with E-state index in [-0.39, 0.29) is 24.2 Å². The molecule has 0 radical (unpaired) electrons. The zero-order valence-corrected chi connectivity index (χ0v) is 21.1. The summed E-state index contributed by atoms with van der Waals surface area (Å²) in [5.41, 5.74) is 5.19. The van der Waals surface area contributed by atoms with Gasteiger partial charge in [-0.05, 0) is 66.0 Å². The third kappa shape index (κ3) is 4.41. The summed E-state index contributed by atoms with van der Waals surface area (Å²) in [6.45, 7) is 1.41. The van der Waals surface area contributed by atoms with Crippen LogP contribution < -0.4 is 4.74 Å². The van der Waals surface area contributed by atoms with Crippen LogP contribution in [-0.2, 0) is 29.8 Å². The lowest BCUT2D eigenvalue weighted by atomic mass is 9.52. The summed E-state index contributed by atoms with van der Waals surface area (Å²) in [4.78, 5) is 27.3. The molecular weight excluding hydrogens is 462 g/mol. The number of nitrogens with zero attached hydrogens (tertiary/aromatic N) is 1. The van der Waals surface area contributed by atoms with Crippen molar-refractivity contribution in [3.05, 3.63) is 101 Å². The number of ether oxygens (including phenoxy) is 2. The van der Waals surface area contributed by atoms with E-state index >= 15 is 0 Å². The van der Waals surface area contributed by atoms with Crippen LogP contribution in [0.25, 0.3) is 0 Å². The number of aldehydes is 1. The Hall–Kier alpha value is -3.60. The van der Waals surface area contributed by atoms with Gasteiger partial charge in [0.15, 0.2) is 6.29 Å². The summed E-state index contributed by atoms with van der Waals surface area (Å²) in [5.74, 6) is 1.07. The number of likely N-dealkylation sites (tertiary alicyclic amines) is 1. The molecule has 3 aliphatic rings. The molecule has 1 amide bonds. The zero-order chi connectivity index (χ0) is 25.2. The number of hydrogen-bond donors (Lipinski definition) is 0. The molecule has 3 atom stereocenters. The third-order valence-corrected chi connectivity index (χ3v) is 8.77. The maximum atomic E-state index is 13.3. The van der Waals surface area contributed by atoms with E-state index in [0.717, 1.165) is 43.1 Å². The van der Waals surface area contributed by atoms with Crippen LogP contribution in [-0.4, -0.2) is 29.9 Å². The maximum absolute atomic E-state index is 13.3. The third-order valence-electron chi connectivity index (χ3n) is 8.77. The molecular formula is C32H33NO4. The summed E-state index contributed by atoms with van der Waals surface area (Å²) in [7, 11) is 0. The molecule has 0 aromatic heterocycles. The van der Waals surface area contributed by atoms with Crippen LogP contribution in [0, 0.1) is 5.92 Å². The van der Waals surface area contributed by atoms with Gasteiger partial charge in [0.25, 0.3) is 0 Å². The SMILES string of the molecule is O=Cc1cc2c(cc1OCc1ccccc1)[C@]13CCCC[C@@H]1[C@H](C2)N(C(=O)OCc1ccccc1)CC3. The second kappa shape index (κ2) is 10.0. The molecule has 190 valence electrons. The second-order valence-electron chi connectivity index (χ2n) is 10.7. The van der Waals surface area contributed by atoms with E-state index in [0.29, 0.717) is 30.4 Å². The Morgan fingerprint density at radius 2 is 1.68 bits per heavy atom. The topological polar surface area (TPSA) is 55.8 Å². The predicted molar refractivity (Wildman–Crippen MR) is 142 cm³/mol. The highest BCUT2D eigenvalue weighted by molar-refractivity contribution is 5.80. The predicted octanol–water partition coefficient (Wildman–Crippen LogP) is 6.47. The van der Waals surface area contributed by atoms with Crippen LogP contribution in [0.4, 0.5) is 4.79 Å². The highest BCUT2D eigenvalue weighted by atomic mass is 16.6. The number of amides is 1. The molecule has 0 spiro atoms. The number of piperidine rings is 1. The molecule has 5 nitrogen and oxygen atoms in total. The van der Waals surface area contributed by atoms with Gasteiger partial charge in [-0.3, -0.25) is 4.79 Å². The summed E-state index contributed by atoms with van der Waals surface area (Å²) in [5, 5.41) is 0. The lowest BCUT2D eigenvalue weighted by Crippen LogP contribution is -2.62. The molecule has 1 saturated carbocycles. The molecule has 3 aromatic carbocycles. The molecule has 5 heteroatoms. The van der Waals surface area contributed by atoms with E-state index in [2.05, 4.69) is 6.07 Å². The van der Waals surface area contributed by atoms with Crippen molar-refractivity contribution in [1.29, 1.82) is 0 Å². The van der Waals surface area contributed by atoms with Gasteiger partial charge in [0, 0.05) is 18.0 Å². The van der Waals surface area contributed by atoms with E-state index in [1.165, 1.54) is 24.0 Å². The fourth-order valence-electron chi connectivity index (χ4n) is 7.04. The summed E-state index contributed by atoms with van der Waals surface area (Å²) >= 11 is 0. The Balaban J connectivity index is 1.29. The fraction of sp³-hybridized carbons (Fsp3) is 0.375. The van der Waals surface area contributed by atoms with Crippen LogP contribution in [0.15, 0.2) is 72.8 Å². The average molecular weight is 496 g/mol. The number of fused-ring (bicyclic) bond motifs is 1. The van der Waals surface area contributed by atoms with Crippen molar-refractivity contribution in [2.24, 2.45) is 5.92 Å². The van der Waals surface area contributed by atoms with Gasteiger partial charge in [-0.15, -0.1) is 0 Å². The van der Waals surface area contributed by atoms with Gasteiger partial charge in [-0.25, -0.2) is 4.79 Å². The Bertz CT molecular complexity index is 1270. The minimum Gasteiger partial charge on any atom is -0.488 e. The van der Waals surface area contributed by atoms with Crippen molar-refractivity contribution in [2.75, 3.05) is 6.54 Å². The van der Waals surface area contributed by atoms with E-state index in [4.69, 9.17) is 9.47 Å². The van der Waals surface area contributed by atoms with E-state index in [1.807, 2.05) is 71.6 Å². The fourth-order valence-corrected chi connectivity index (χ4v) is 7.04. The highest BCUT2D eigenvalue weighted by Gasteiger charge is 2.55. The quantitative estimate of drug-likeness (QED) is 0.368. The van der Waals surface area contributed by atoms with Crippen LogP contribution in [0.1, 0.15) is 64.7 Å². The Morgan fingerprint density at radius 1 is 0.946 bits per heavy atom. The van der Waals surface area contributed by atoms with Crippen LogP contribution in [0.2, 0.25) is 0 Å². The van der Waals surface area contributed by atoms with Crippen LogP contribution >= 0.6 is 0 Å². The number of carbonyl (C=O) groups excluding carboxylic acids is 2. The number of rotatable bonds is 6. The van der Waals surface area contributed by atoms with Gasteiger partial charge in [-0.2, -0.15) is 0 Å². The largest absolute Gasteiger partial charge is 0.488 e. The zero-order valence-electron chi connectivity index (χ0n) is 21.1. The molecule has 37 heavy (non-hydrogen) atoms. The standard InChI is InChI=1S/C32H33NO4/c34-20-26-17-25-18-29-27-13-7-8-14-32(27,28(25)19-30(26)36-21-23-9-3-1-4-10-23)15-16-33(29)31(35)37-22-24-11-5-2-6-12-24/h1-6,9-12,17,19-20,27,29H,7-8,13-16,18,21-22H2/t27-,29+,32+/m1/s1. The Labute approximate surface area is 218 Å². The van der Waals surface area contributed by atoms with Crippen LogP contribution in [0.3, 0.4) is 0 Å². The Morgan fingerprint density at radius 3 is 2.41 bits per heavy atom. The molecule has 1 aliphatic heterocycles. The molecule has 1 saturated heterocycles. The first-order valence-corrected chi connectivity index (χ1v) is 13.4. The maximum Gasteiger partial charge on any atom is 0.410 e. The van der Waals surface area contributed by atoms with Crippen molar-refractivity contribution in [3.8, 4) is 5.75 Å². The van der Waals surface area contributed by atoms with Gasteiger partial charge < -0.3 is 14.4 Å².